The SMILES string of the molecule is O=C1c2c(O)c(=O)ccn2N([C@@H]2c3ccncc3SCc3c2ccc(F)c3F)[C@@H]2COCCN12. The number of carbonyl (C=O) groups excluding carboxylic acids is 1. The Kier molecular flexibility index (Phi) is 4.85. The molecule has 0 aliphatic carbocycles. The Morgan fingerprint density at radius 3 is 2.85 bits per heavy atom. The number of aromatic nitrogens is 2. The number of hydrogen-bond donors (Lipinski definition) is 1. The first-order valence-electron chi connectivity index (χ1n) is 10.6. The van der Waals surface area contributed by atoms with Crippen molar-refractivity contribution in [3.63, 3.8) is 0 Å². The molecular formula is C23H18F2N4O4S. The summed E-state index contributed by atoms with van der Waals surface area (Å²) in [5.41, 5.74) is 0.635. The van der Waals surface area contributed by atoms with E-state index in [1.165, 1.54) is 33.6 Å². The van der Waals surface area contributed by atoms with Crippen LogP contribution < -0.4 is 10.4 Å². The second-order valence-electron chi connectivity index (χ2n) is 8.19. The van der Waals surface area contributed by atoms with Crippen molar-refractivity contribution in [2.24, 2.45) is 0 Å². The number of thioether (sulfide) groups is 1. The largest absolute Gasteiger partial charge is 0.502 e. The monoisotopic (exact) mass is 484 g/mol. The highest BCUT2D eigenvalue weighted by Gasteiger charge is 2.46. The molecule has 174 valence electrons. The van der Waals surface area contributed by atoms with Crippen molar-refractivity contribution in [3.05, 3.63) is 87.1 Å². The molecule has 2 atom stereocenters. The van der Waals surface area contributed by atoms with E-state index in [2.05, 4.69) is 4.98 Å². The van der Waals surface area contributed by atoms with Gasteiger partial charge in [-0.1, -0.05) is 6.07 Å². The summed E-state index contributed by atoms with van der Waals surface area (Å²) in [6.07, 6.45) is 4.08. The van der Waals surface area contributed by atoms with Gasteiger partial charge >= 0.3 is 0 Å². The molecule has 3 aliphatic rings. The third-order valence-electron chi connectivity index (χ3n) is 6.45. The smallest absolute Gasteiger partial charge is 0.278 e. The number of morpholine rings is 1. The lowest BCUT2D eigenvalue weighted by Crippen LogP contribution is -2.66. The third-order valence-corrected chi connectivity index (χ3v) is 7.53. The number of fused-ring (bicyclic) bond motifs is 4. The van der Waals surface area contributed by atoms with Crippen molar-refractivity contribution < 1.29 is 23.4 Å². The van der Waals surface area contributed by atoms with Gasteiger partial charge in [0.2, 0.25) is 5.43 Å². The molecular weight excluding hydrogens is 466 g/mol. The van der Waals surface area contributed by atoms with E-state index >= 15 is 4.39 Å². The second-order valence-corrected chi connectivity index (χ2v) is 9.21. The van der Waals surface area contributed by atoms with Crippen molar-refractivity contribution in [3.8, 4) is 5.75 Å². The third kappa shape index (κ3) is 2.96. The lowest BCUT2D eigenvalue weighted by Gasteiger charge is -2.51. The molecule has 5 heterocycles. The minimum absolute atomic E-state index is 0.154. The molecule has 3 aliphatic heterocycles. The zero-order valence-corrected chi connectivity index (χ0v) is 18.5. The van der Waals surface area contributed by atoms with Crippen LogP contribution in [0.25, 0.3) is 0 Å². The fourth-order valence-electron chi connectivity index (χ4n) is 4.88. The lowest BCUT2D eigenvalue weighted by atomic mass is 9.93. The van der Waals surface area contributed by atoms with Gasteiger partial charge in [-0.2, -0.15) is 0 Å². The number of pyridine rings is 2. The average Bonchev–Trinajstić information content (AvgIpc) is 3.01. The van der Waals surface area contributed by atoms with Crippen molar-refractivity contribution >= 4 is 17.7 Å². The summed E-state index contributed by atoms with van der Waals surface area (Å²) in [5.74, 6) is -2.84. The van der Waals surface area contributed by atoms with Crippen LogP contribution in [-0.2, 0) is 10.5 Å². The van der Waals surface area contributed by atoms with Crippen molar-refractivity contribution in [1.82, 2.24) is 14.6 Å². The number of ether oxygens (including phenoxy) is 1. The van der Waals surface area contributed by atoms with Gasteiger partial charge in [-0.05, 0) is 23.3 Å². The molecule has 3 aromatic rings. The summed E-state index contributed by atoms with van der Waals surface area (Å²) in [4.78, 5) is 32.1. The number of nitrogens with zero attached hydrogens (tertiary/aromatic N) is 4. The number of benzene rings is 1. The molecule has 1 N–H and O–H groups in total. The average molecular weight is 484 g/mol. The highest BCUT2D eigenvalue weighted by Crippen LogP contribution is 2.44. The molecule has 1 saturated heterocycles. The fraction of sp³-hybridized carbons (Fsp3) is 0.261. The molecule has 2 aromatic heterocycles. The highest BCUT2D eigenvalue weighted by atomic mass is 32.2. The first-order chi connectivity index (χ1) is 16.5. The van der Waals surface area contributed by atoms with E-state index in [0.29, 0.717) is 12.2 Å². The Bertz CT molecular complexity index is 1400. The Morgan fingerprint density at radius 1 is 1.15 bits per heavy atom. The maximum Gasteiger partial charge on any atom is 0.278 e. The molecule has 8 nitrogen and oxygen atoms in total. The van der Waals surface area contributed by atoms with Gasteiger partial charge in [-0.3, -0.25) is 24.3 Å². The van der Waals surface area contributed by atoms with E-state index in [4.69, 9.17) is 4.74 Å². The molecule has 1 amide bonds. The van der Waals surface area contributed by atoms with Crippen molar-refractivity contribution in [1.29, 1.82) is 0 Å². The molecule has 0 saturated carbocycles. The Labute approximate surface area is 196 Å². The first kappa shape index (κ1) is 21.1. The van der Waals surface area contributed by atoms with Gasteiger partial charge < -0.3 is 14.7 Å². The van der Waals surface area contributed by atoms with Crippen molar-refractivity contribution in [2.45, 2.75) is 22.9 Å². The van der Waals surface area contributed by atoms with Crippen LogP contribution in [0.2, 0.25) is 0 Å². The summed E-state index contributed by atoms with van der Waals surface area (Å²) in [5, 5.41) is 12.4. The normalized spacial score (nSPS) is 21.3. The summed E-state index contributed by atoms with van der Waals surface area (Å²) in [6, 6.07) is 4.91. The summed E-state index contributed by atoms with van der Waals surface area (Å²) >= 11 is 1.34. The summed E-state index contributed by atoms with van der Waals surface area (Å²) in [7, 11) is 0. The number of carbonyl (C=O) groups is 1. The summed E-state index contributed by atoms with van der Waals surface area (Å²) < 4.78 is 36.4. The van der Waals surface area contributed by atoms with Gasteiger partial charge in [0, 0.05) is 47.4 Å². The lowest BCUT2D eigenvalue weighted by molar-refractivity contribution is -0.0197. The van der Waals surface area contributed by atoms with E-state index in [0.717, 1.165) is 16.5 Å². The minimum Gasteiger partial charge on any atom is -0.502 e. The van der Waals surface area contributed by atoms with Crippen LogP contribution in [0.4, 0.5) is 8.78 Å². The van der Waals surface area contributed by atoms with E-state index in [9.17, 15) is 19.1 Å². The van der Waals surface area contributed by atoms with E-state index < -0.39 is 40.9 Å². The van der Waals surface area contributed by atoms with Crippen LogP contribution in [0.3, 0.4) is 0 Å². The van der Waals surface area contributed by atoms with Crippen LogP contribution >= 0.6 is 11.8 Å². The van der Waals surface area contributed by atoms with E-state index in [1.807, 2.05) is 0 Å². The van der Waals surface area contributed by atoms with Gasteiger partial charge in [-0.25, -0.2) is 8.78 Å². The Morgan fingerprint density at radius 2 is 2.00 bits per heavy atom. The van der Waals surface area contributed by atoms with Crippen LogP contribution in [0.15, 0.2) is 52.5 Å². The van der Waals surface area contributed by atoms with Gasteiger partial charge in [0.25, 0.3) is 5.91 Å². The van der Waals surface area contributed by atoms with Crippen molar-refractivity contribution in [2.75, 3.05) is 24.8 Å². The molecule has 6 rings (SSSR count). The maximum absolute atomic E-state index is 15.0. The maximum atomic E-state index is 15.0. The molecule has 1 fully saturated rings. The topological polar surface area (TPSA) is 87.9 Å². The van der Waals surface area contributed by atoms with Crippen LogP contribution in [0, 0.1) is 11.6 Å². The number of rotatable bonds is 1. The van der Waals surface area contributed by atoms with Gasteiger partial charge in [0.05, 0.1) is 19.3 Å². The zero-order valence-electron chi connectivity index (χ0n) is 17.6. The molecule has 0 radical (unpaired) electrons. The Balaban J connectivity index is 1.67. The molecule has 34 heavy (non-hydrogen) atoms. The standard InChI is InChI=1S/C23H18F2N4O4S/c24-15-2-1-12-14(19(15)25)11-34-17-9-26-5-3-13(17)20(12)29-18-10-33-8-7-27(18)23(32)21-22(31)16(30)4-6-28(21)29/h1-6,9,18,20,31H,7-8,10-11H2/t18-,20+/m1/s1. The van der Waals surface area contributed by atoms with Crippen LogP contribution in [-0.4, -0.2) is 51.5 Å². The molecule has 1 aromatic carbocycles. The summed E-state index contributed by atoms with van der Waals surface area (Å²) in [6.45, 7) is 0.699. The predicted octanol–water partition coefficient (Wildman–Crippen LogP) is 2.37. The second kappa shape index (κ2) is 7.81. The molecule has 0 spiro atoms. The van der Waals surface area contributed by atoms with Crippen LogP contribution in [0.5, 0.6) is 5.75 Å². The zero-order chi connectivity index (χ0) is 23.6. The fourth-order valence-corrected chi connectivity index (χ4v) is 5.96. The van der Waals surface area contributed by atoms with E-state index in [1.54, 1.807) is 29.5 Å². The number of halogens is 2. The van der Waals surface area contributed by atoms with E-state index in [-0.39, 0.29) is 30.2 Å². The highest BCUT2D eigenvalue weighted by molar-refractivity contribution is 7.98. The molecule has 0 bridgehead atoms. The van der Waals surface area contributed by atoms with Gasteiger partial charge in [0.1, 0.15) is 6.17 Å². The van der Waals surface area contributed by atoms with Gasteiger partial charge in [-0.15, -0.1) is 11.8 Å². The first-order valence-corrected chi connectivity index (χ1v) is 11.6. The minimum atomic E-state index is -0.944. The van der Waals surface area contributed by atoms with Crippen LogP contribution in [0.1, 0.15) is 33.2 Å². The quantitative estimate of drug-likeness (QED) is 0.568. The number of aromatic hydroxyl groups is 1. The number of amides is 1. The predicted molar refractivity (Wildman–Crippen MR) is 118 cm³/mol. The number of hydrogen-bond acceptors (Lipinski definition) is 7. The van der Waals surface area contributed by atoms with Gasteiger partial charge in [0.15, 0.2) is 23.1 Å². The molecule has 11 heteroatoms. The molecule has 0 unspecified atom stereocenters. The Hall–Kier alpha value is -3.44.